The van der Waals surface area contributed by atoms with Gasteiger partial charge in [0.1, 0.15) is 12.0 Å². The minimum atomic E-state index is -0.496. The highest BCUT2D eigenvalue weighted by Gasteiger charge is 2.15. The third kappa shape index (κ3) is 3.14. The summed E-state index contributed by atoms with van der Waals surface area (Å²) < 4.78 is 16.1. The Morgan fingerprint density at radius 1 is 1.05 bits per heavy atom. The van der Waals surface area contributed by atoms with Crippen molar-refractivity contribution in [2.24, 2.45) is 0 Å². The smallest absolute Gasteiger partial charge is 0.269 e. The Balaban J connectivity index is 2.39. The number of aldehydes is 1. The molecule has 0 bridgehead atoms. The first-order valence-electron chi connectivity index (χ1n) is 6.22. The summed E-state index contributed by atoms with van der Waals surface area (Å²) in [5.41, 5.74) is 0.340. The van der Waals surface area contributed by atoms with Gasteiger partial charge in [-0.15, -0.1) is 0 Å². The van der Waals surface area contributed by atoms with Crippen LogP contribution in [0, 0.1) is 10.1 Å². The third-order valence-corrected chi connectivity index (χ3v) is 2.89. The quantitative estimate of drug-likeness (QED) is 0.462. The monoisotopic (exact) mass is 303 g/mol. The van der Waals surface area contributed by atoms with Gasteiger partial charge in [0.25, 0.3) is 5.69 Å². The van der Waals surface area contributed by atoms with E-state index in [1.54, 1.807) is 0 Å². The molecule has 0 amide bonds. The summed E-state index contributed by atoms with van der Waals surface area (Å²) in [5.74, 6) is 1.30. The molecular weight excluding hydrogens is 290 g/mol. The molecular formula is C15H13NO6. The van der Waals surface area contributed by atoms with Crippen LogP contribution in [0.1, 0.15) is 10.4 Å². The molecule has 0 radical (unpaired) electrons. The minimum Gasteiger partial charge on any atom is -0.493 e. The first-order chi connectivity index (χ1) is 10.6. The van der Waals surface area contributed by atoms with E-state index in [0.717, 1.165) is 0 Å². The second-order valence-electron chi connectivity index (χ2n) is 4.23. The third-order valence-electron chi connectivity index (χ3n) is 2.89. The standard InChI is InChI=1S/C15H13NO6/c1-20-13-7-10(9-17)8-14(21-2)15(13)22-12-5-3-11(4-6-12)16(18)19/h3-9H,1-2H3. The molecule has 0 saturated carbocycles. The van der Waals surface area contributed by atoms with Crippen molar-refractivity contribution in [1.29, 1.82) is 0 Å². The van der Waals surface area contributed by atoms with Crippen LogP contribution in [0.5, 0.6) is 23.0 Å². The Morgan fingerprint density at radius 2 is 1.59 bits per heavy atom. The van der Waals surface area contributed by atoms with Crippen molar-refractivity contribution in [3.05, 3.63) is 52.1 Å². The second-order valence-corrected chi connectivity index (χ2v) is 4.23. The average molecular weight is 303 g/mol. The zero-order chi connectivity index (χ0) is 16.1. The van der Waals surface area contributed by atoms with Crippen LogP contribution in [0.2, 0.25) is 0 Å². The lowest BCUT2D eigenvalue weighted by Crippen LogP contribution is -1.97. The van der Waals surface area contributed by atoms with E-state index in [9.17, 15) is 14.9 Å². The van der Waals surface area contributed by atoms with Crippen LogP contribution in [0.3, 0.4) is 0 Å². The SMILES string of the molecule is COc1cc(C=O)cc(OC)c1Oc1ccc([N+](=O)[O-])cc1. The Morgan fingerprint density at radius 3 is 2.00 bits per heavy atom. The van der Waals surface area contributed by atoms with Crippen LogP contribution < -0.4 is 14.2 Å². The number of carbonyl (C=O) groups is 1. The van der Waals surface area contributed by atoms with Crippen molar-refractivity contribution in [2.75, 3.05) is 14.2 Å². The zero-order valence-electron chi connectivity index (χ0n) is 11.9. The molecule has 0 atom stereocenters. The van der Waals surface area contributed by atoms with Crippen molar-refractivity contribution >= 4 is 12.0 Å². The Bertz CT molecular complexity index is 671. The number of non-ortho nitro benzene ring substituents is 1. The summed E-state index contributed by atoms with van der Waals surface area (Å²) in [5, 5.41) is 10.6. The predicted molar refractivity (Wildman–Crippen MR) is 78.1 cm³/mol. The molecule has 0 aliphatic heterocycles. The Labute approximate surface area is 126 Å². The highest BCUT2D eigenvalue weighted by Crippen LogP contribution is 2.41. The number of nitro groups is 1. The summed E-state index contributed by atoms with van der Waals surface area (Å²) in [6, 6.07) is 8.60. The van der Waals surface area contributed by atoms with Gasteiger partial charge in [0.2, 0.25) is 5.75 Å². The fourth-order valence-corrected chi connectivity index (χ4v) is 1.82. The van der Waals surface area contributed by atoms with Gasteiger partial charge in [-0.05, 0) is 24.3 Å². The Kier molecular flexibility index (Phi) is 4.57. The van der Waals surface area contributed by atoms with Gasteiger partial charge in [0.15, 0.2) is 11.5 Å². The maximum Gasteiger partial charge on any atom is 0.269 e. The summed E-state index contributed by atoms with van der Waals surface area (Å²) in [7, 11) is 2.87. The van der Waals surface area contributed by atoms with Crippen LogP contribution in [-0.2, 0) is 0 Å². The lowest BCUT2D eigenvalue weighted by Gasteiger charge is -2.14. The highest BCUT2D eigenvalue weighted by atomic mass is 16.6. The fraction of sp³-hybridized carbons (Fsp3) is 0.133. The first kappa shape index (κ1) is 15.3. The van der Waals surface area contributed by atoms with E-state index < -0.39 is 4.92 Å². The van der Waals surface area contributed by atoms with Crippen LogP contribution in [-0.4, -0.2) is 25.4 Å². The number of nitro benzene ring substituents is 1. The van der Waals surface area contributed by atoms with E-state index in [2.05, 4.69) is 0 Å². The number of rotatable bonds is 6. The number of nitrogens with zero attached hydrogens (tertiary/aromatic N) is 1. The van der Waals surface area contributed by atoms with Crippen molar-refractivity contribution in [2.45, 2.75) is 0 Å². The van der Waals surface area contributed by atoms with Gasteiger partial charge in [-0.2, -0.15) is 0 Å². The molecule has 0 saturated heterocycles. The summed E-state index contributed by atoms with van der Waals surface area (Å²) in [6.07, 6.45) is 0.667. The van der Waals surface area contributed by atoms with Gasteiger partial charge in [-0.3, -0.25) is 14.9 Å². The number of carbonyl (C=O) groups excluding carboxylic acids is 1. The second kappa shape index (κ2) is 6.57. The molecule has 0 unspecified atom stereocenters. The van der Waals surface area contributed by atoms with E-state index in [1.807, 2.05) is 0 Å². The molecule has 7 heteroatoms. The van der Waals surface area contributed by atoms with Crippen molar-refractivity contribution in [3.8, 4) is 23.0 Å². The van der Waals surface area contributed by atoms with E-state index in [-0.39, 0.29) is 11.4 Å². The number of benzene rings is 2. The van der Waals surface area contributed by atoms with E-state index in [0.29, 0.717) is 29.1 Å². The largest absolute Gasteiger partial charge is 0.493 e. The molecule has 22 heavy (non-hydrogen) atoms. The molecule has 0 N–H and O–H groups in total. The van der Waals surface area contributed by atoms with Gasteiger partial charge in [0, 0.05) is 17.7 Å². The lowest BCUT2D eigenvalue weighted by atomic mass is 10.2. The molecule has 0 aromatic heterocycles. The van der Waals surface area contributed by atoms with E-state index >= 15 is 0 Å². The normalized spacial score (nSPS) is 9.91. The highest BCUT2D eigenvalue weighted by molar-refractivity contribution is 5.78. The van der Waals surface area contributed by atoms with Crippen LogP contribution in [0.4, 0.5) is 5.69 Å². The topological polar surface area (TPSA) is 87.9 Å². The maximum absolute atomic E-state index is 10.9. The average Bonchev–Trinajstić information content (AvgIpc) is 2.55. The molecule has 0 aliphatic carbocycles. The summed E-state index contributed by atoms with van der Waals surface area (Å²) in [6.45, 7) is 0. The van der Waals surface area contributed by atoms with Gasteiger partial charge >= 0.3 is 0 Å². The lowest BCUT2D eigenvalue weighted by molar-refractivity contribution is -0.384. The molecule has 0 spiro atoms. The molecule has 7 nitrogen and oxygen atoms in total. The molecule has 0 aliphatic rings. The van der Waals surface area contributed by atoms with Crippen LogP contribution >= 0.6 is 0 Å². The first-order valence-corrected chi connectivity index (χ1v) is 6.22. The number of hydrogen-bond donors (Lipinski definition) is 0. The molecule has 2 aromatic carbocycles. The Hall–Kier alpha value is -3.09. The number of hydrogen-bond acceptors (Lipinski definition) is 6. The molecule has 0 fully saturated rings. The zero-order valence-corrected chi connectivity index (χ0v) is 11.9. The van der Waals surface area contributed by atoms with Gasteiger partial charge in [0.05, 0.1) is 19.1 Å². The van der Waals surface area contributed by atoms with E-state index in [1.165, 1.54) is 50.6 Å². The van der Waals surface area contributed by atoms with Crippen molar-refractivity contribution in [1.82, 2.24) is 0 Å². The predicted octanol–water partition coefficient (Wildman–Crippen LogP) is 3.22. The van der Waals surface area contributed by atoms with Crippen LogP contribution in [0.15, 0.2) is 36.4 Å². The molecule has 114 valence electrons. The molecule has 0 heterocycles. The van der Waals surface area contributed by atoms with Crippen LogP contribution in [0.25, 0.3) is 0 Å². The number of ether oxygens (including phenoxy) is 3. The van der Waals surface area contributed by atoms with Gasteiger partial charge in [-0.25, -0.2) is 0 Å². The number of methoxy groups -OCH3 is 2. The summed E-state index contributed by atoms with van der Waals surface area (Å²) in [4.78, 5) is 21.0. The van der Waals surface area contributed by atoms with Crippen molar-refractivity contribution < 1.29 is 23.9 Å². The minimum absolute atomic E-state index is 0.0393. The van der Waals surface area contributed by atoms with Gasteiger partial charge < -0.3 is 14.2 Å². The molecule has 2 rings (SSSR count). The van der Waals surface area contributed by atoms with E-state index in [4.69, 9.17) is 14.2 Å². The molecule has 2 aromatic rings. The van der Waals surface area contributed by atoms with Gasteiger partial charge in [-0.1, -0.05) is 0 Å². The summed E-state index contributed by atoms with van der Waals surface area (Å²) >= 11 is 0. The maximum atomic E-state index is 10.9. The fourth-order valence-electron chi connectivity index (χ4n) is 1.82. The van der Waals surface area contributed by atoms with Crippen molar-refractivity contribution in [3.63, 3.8) is 0 Å².